The fourth-order valence-corrected chi connectivity index (χ4v) is 9.46. The van der Waals surface area contributed by atoms with E-state index in [0.717, 1.165) is 72.8 Å². The van der Waals surface area contributed by atoms with Gasteiger partial charge in [0.15, 0.2) is 0 Å². The summed E-state index contributed by atoms with van der Waals surface area (Å²) in [5.74, 6) is 0. The number of nitrogens with zero attached hydrogens (tertiary/aromatic N) is 3. The SMILES string of the molecule is Cc1c(-c2ccccc2)cc(-c2cccc(C(C)(c3cccc(-c4ccc(-c5ccc(-c6ccccc6)cc5)cc4)c3)c3ccccn3)c2)nc1C(C)(c1ccccc1)c1ccccn1. The summed E-state index contributed by atoms with van der Waals surface area (Å²) in [5, 5.41) is 0. The predicted molar refractivity (Wildman–Crippen MR) is 269 cm³/mol. The summed E-state index contributed by atoms with van der Waals surface area (Å²) in [5.41, 5.74) is 17.5. The van der Waals surface area contributed by atoms with E-state index in [9.17, 15) is 0 Å². The van der Waals surface area contributed by atoms with Gasteiger partial charge >= 0.3 is 0 Å². The average Bonchev–Trinajstić information content (AvgIpc) is 3.39. The molecule has 0 N–H and O–H groups in total. The van der Waals surface area contributed by atoms with E-state index in [4.69, 9.17) is 15.0 Å². The molecule has 0 spiro atoms. The monoisotopic (exact) mass is 835 g/mol. The first-order valence-corrected chi connectivity index (χ1v) is 22.3. The van der Waals surface area contributed by atoms with E-state index < -0.39 is 10.8 Å². The Morgan fingerprint density at radius 3 is 1.25 bits per heavy atom. The predicted octanol–water partition coefficient (Wildman–Crippen LogP) is 15.2. The van der Waals surface area contributed by atoms with Crippen molar-refractivity contribution in [3.63, 3.8) is 0 Å². The van der Waals surface area contributed by atoms with Crippen molar-refractivity contribution < 1.29 is 0 Å². The molecule has 3 heterocycles. The van der Waals surface area contributed by atoms with Gasteiger partial charge in [-0.2, -0.15) is 0 Å². The Morgan fingerprint density at radius 2 is 0.723 bits per heavy atom. The summed E-state index contributed by atoms with van der Waals surface area (Å²) in [4.78, 5) is 15.7. The van der Waals surface area contributed by atoms with Gasteiger partial charge < -0.3 is 0 Å². The molecule has 10 aromatic rings. The Kier molecular flexibility index (Phi) is 11.1. The van der Waals surface area contributed by atoms with E-state index >= 15 is 0 Å². The molecular weight excluding hydrogens is 787 g/mol. The Labute approximate surface area is 382 Å². The normalized spacial score (nSPS) is 13.1. The number of hydrogen-bond acceptors (Lipinski definition) is 3. The standard InChI is InChI=1S/C62H49N3/c1-44-56(50-21-9-5-10-22-50)43-57(65-60(44)62(3,53-25-11-6-12-26-53)59-30-14-16-40-64-59)52-24-18-28-55(42-52)61(2,58-29-13-15-39-63-58)54-27-17-23-51(41-54)49-37-35-48(36-38-49)47-33-31-46(32-34-47)45-19-7-4-8-20-45/h4-43H,1-3H3. The fourth-order valence-electron chi connectivity index (χ4n) is 9.46. The molecule has 0 saturated heterocycles. The van der Waals surface area contributed by atoms with Crippen LogP contribution in [0.2, 0.25) is 0 Å². The van der Waals surface area contributed by atoms with Gasteiger partial charge in [-0.1, -0.05) is 188 Å². The molecule has 7 aromatic carbocycles. The van der Waals surface area contributed by atoms with Crippen LogP contribution in [0.1, 0.15) is 53.2 Å². The van der Waals surface area contributed by atoms with Crippen LogP contribution in [0.25, 0.3) is 55.8 Å². The van der Waals surface area contributed by atoms with E-state index in [0.29, 0.717) is 0 Å². The third-order valence-corrected chi connectivity index (χ3v) is 13.3. The first kappa shape index (κ1) is 41.0. The maximum absolute atomic E-state index is 5.67. The Balaban J connectivity index is 1.07. The van der Waals surface area contributed by atoms with Gasteiger partial charge in [0.05, 0.1) is 33.6 Å². The number of pyridine rings is 3. The van der Waals surface area contributed by atoms with Crippen LogP contribution in [-0.4, -0.2) is 15.0 Å². The van der Waals surface area contributed by atoms with Crippen molar-refractivity contribution >= 4 is 0 Å². The highest BCUT2D eigenvalue weighted by atomic mass is 14.8. The van der Waals surface area contributed by atoms with Gasteiger partial charge in [0.25, 0.3) is 0 Å². The first-order valence-electron chi connectivity index (χ1n) is 22.3. The van der Waals surface area contributed by atoms with Crippen molar-refractivity contribution in [1.29, 1.82) is 0 Å². The van der Waals surface area contributed by atoms with Crippen LogP contribution in [0, 0.1) is 6.92 Å². The minimum absolute atomic E-state index is 0.601. The van der Waals surface area contributed by atoms with E-state index in [2.05, 4.69) is 239 Å². The van der Waals surface area contributed by atoms with Gasteiger partial charge in [0.2, 0.25) is 0 Å². The van der Waals surface area contributed by atoms with Crippen LogP contribution >= 0.6 is 0 Å². The molecule has 312 valence electrons. The second-order valence-corrected chi connectivity index (χ2v) is 17.1. The molecule has 10 rings (SSSR count). The van der Waals surface area contributed by atoms with Crippen LogP contribution in [0.5, 0.6) is 0 Å². The molecule has 0 aliphatic heterocycles. The lowest BCUT2D eigenvalue weighted by atomic mass is 9.72. The smallest absolute Gasteiger partial charge is 0.0771 e. The summed E-state index contributed by atoms with van der Waals surface area (Å²) in [6.07, 6.45) is 3.78. The molecule has 2 unspecified atom stereocenters. The maximum Gasteiger partial charge on any atom is 0.0771 e. The Bertz CT molecular complexity index is 3150. The summed E-state index contributed by atoms with van der Waals surface area (Å²) in [6.45, 7) is 6.76. The molecule has 0 aliphatic rings. The van der Waals surface area contributed by atoms with Crippen molar-refractivity contribution in [3.05, 3.63) is 282 Å². The van der Waals surface area contributed by atoms with Crippen LogP contribution in [0.3, 0.4) is 0 Å². The van der Waals surface area contributed by atoms with Gasteiger partial charge in [-0.3, -0.25) is 15.0 Å². The van der Waals surface area contributed by atoms with Crippen molar-refractivity contribution in [3.8, 4) is 55.8 Å². The van der Waals surface area contributed by atoms with Gasteiger partial charge in [-0.05, 0) is 130 Å². The molecule has 3 nitrogen and oxygen atoms in total. The number of benzene rings is 7. The minimum Gasteiger partial charge on any atom is -0.260 e. The third-order valence-electron chi connectivity index (χ3n) is 13.3. The van der Waals surface area contributed by atoms with Crippen LogP contribution < -0.4 is 0 Å². The topological polar surface area (TPSA) is 38.7 Å². The zero-order valence-electron chi connectivity index (χ0n) is 36.9. The lowest BCUT2D eigenvalue weighted by molar-refractivity contribution is 0.637. The largest absolute Gasteiger partial charge is 0.260 e. The lowest BCUT2D eigenvalue weighted by Gasteiger charge is -2.33. The fraction of sp³-hybridized carbons (Fsp3) is 0.0806. The minimum atomic E-state index is -0.641. The van der Waals surface area contributed by atoms with E-state index in [1.165, 1.54) is 22.3 Å². The summed E-state index contributed by atoms with van der Waals surface area (Å²) in [6, 6.07) is 82.1. The highest BCUT2D eigenvalue weighted by Crippen LogP contribution is 2.44. The van der Waals surface area contributed by atoms with Crippen molar-refractivity contribution in [1.82, 2.24) is 15.0 Å². The second kappa shape index (κ2) is 17.6. The lowest BCUT2D eigenvalue weighted by Crippen LogP contribution is -2.29. The first-order chi connectivity index (χ1) is 31.9. The molecule has 0 bridgehead atoms. The van der Waals surface area contributed by atoms with Gasteiger partial charge in [0, 0.05) is 18.0 Å². The van der Waals surface area contributed by atoms with Crippen molar-refractivity contribution in [2.45, 2.75) is 31.6 Å². The maximum atomic E-state index is 5.67. The van der Waals surface area contributed by atoms with Gasteiger partial charge in [0.1, 0.15) is 0 Å². The summed E-state index contributed by atoms with van der Waals surface area (Å²) in [7, 11) is 0. The molecule has 0 fully saturated rings. The van der Waals surface area contributed by atoms with Crippen LogP contribution in [0.15, 0.2) is 243 Å². The zero-order chi connectivity index (χ0) is 44.2. The van der Waals surface area contributed by atoms with E-state index in [-0.39, 0.29) is 0 Å². The number of aromatic nitrogens is 3. The van der Waals surface area contributed by atoms with Crippen LogP contribution in [0.4, 0.5) is 0 Å². The quantitative estimate of drug-likeness (QED) is 0.130. The molecule has 0 amide bonds. The molecule has 0 saturated carbocycles. The molecule has 0 aliphatic carbocycles. The Hall–Kier alpha value is -8.01. The molecule has 3 aromatic heterocycles. The molecule has 0 radical (unpaired) electrons. The van der Waals surface area contributed by atoms with Gasteiger partial charge in [-0.15, -0.1) is 0 Å². The molecular formula is C62H49N3. The second-order valence-electron chi connectivity index (χ2n) is 17.1. The molecule has 65 heavy (non-hydrogen) atoms. The highest BCUT2D eigenvalue weighted by molar-refractivity contribution is 5.77. The summed E-state index contributed by atoms with van der Waals surface area (Å²) < 4.78 is 0. The third kappa shape index (κ3) is 7.87. The van der Waals surface area contributed by atoms with E-state index in [1.807, 2.05) is 24.5 Å². The molecule has 3 heteroatoms. The van der Waals surface area contributed by atoms with Gasteiger partial charge in [-0.25, -0.2) is 0 Å². The Morgan fingerprint density at radius 1 is 0.323 bits per heavy atom. The molecule has 2 atom stereocenters. The number of rotatable bonds is 11. The van der Waals surface area contributed by atoms with E-state index in [1.54, 1.807) is 0 Å². The average molecular weight is 836 g/mol. The number of hydrogen-bond donors (Lipinski definition) is 0. The summed E-state index contributed by atoms with van der Waals surface area (Å²) >= 11 is 0. The van der Waals surface area contributed by atoms with Crippen LogP contribution in [-0.2, 0) is 10.8 Å². The zero-order valence-corrected chi connectivity index (χ0v) is 36.9. The van der Waals surface area contributed by atoms with Crippen molar-refractivity contribution in [2.75, 3.05) is 0 Å². The highest BCUT2D eigenvalue weighted by Gasteiger charge is 2.37. The van der Waals surface area contributed by atoms with Crippen molar-refractivity contribution in [2.24, 2.45) is 0 Å².